The molecule has 0 radical (unpaired) electrons. The first-order chi connectivity index (χ1) is 14.8. The summed E-state index contributed by atoms with van der Waals surface area (Å²) in [6.45, 7) is 4.44. The lowest BCUT2D eigenvalue weighted by Crippen LogP contribution is -2.58. The van der Waals surface area contributed by atoms with Crippen LogP contribution >= 0.6 is 0 Å². The van der Waals surface area contributed by atoms with Gasteiger partial charge in [-0.15, -0.1) is 0 Å². The highest BCUT2D eigenvalue weighted by atomic mass is 16.2. The number of amides is 2. The quantitative estimate of drug-likeness (QED) is 0.638. The third-order valence-electron chi connectivity index (χ3n) is 6.01. The van der Waals surface area contributed by atoms with Gasteiger partial charge in [0.25, 0.3) is 0 Å². The number of aromatic nitrogens is 3. The lowest BCUT2D eigenvalue weighted by Gasteiger charge is -2.43. The summed E-state index contributed by atoms with van der Waals surface area (Å²) in [5.74, 6) is 0.288. The molecule has 3 atom stereocenters. The number of aryl methyl sites for hydroxylation is 1. The third-order valence-corrected chi connectivity index (χ3v) is 6.01. The first-order valence-electron chi connectivity index (χ1n) is 10.4. The third kappa shape index (κ3) is 4.11. The number of pyridine rings is 1. The maximum Gasteiger partial charge on any atom is 0.313 e. The SMILES string of the molecule is Cc1cc(NC(=O)C(=O)N2C[C@H](C)CC[C@H]2C2C=CN(c3cc[nH]n3)N2C)cnc1N. The van der Waals surface area contributed by atoms with Crippen molar-refractivity contribution in [3.05, 3.63) is 42.4 Å². The number of anilines is 3. The molecule has 0 bridgehead atoms. The van der Waals surface area contributed by atoms with Gasteiger partial charge in [-0.05, 0) is 43.4 Å². The summed E-state index contributed by atoms with van der Waals surface area (Å²) in [7, 11) is 1.96. The van der Waals surface area contributed by atoms with E-state index in [2.05, 4.69) is 33.5 Å². The normalized spacial score (nSPS) is 23.9. The minimum atomic E-state index is -0.668. The molecule has 0 saturated carbocycles. The Morgan fingerprint density at radius 2 is 2.13 bits per heavy atom. The molecule has 164 valence electrons. The fourth-order valence-corrected chi connectivity index (χ4v) is 4.27. The molecule has 31 heavy (non-hydrogen) atoms. The summed E-state index contributed by atoms with van der Waals surface area (Å²) in [5.41, 5.74) is 6.93. The predicted molar refractivity (Wildman–Crippen MR) is 118 cm³/mol. The average Bonchev–Trinajstić information content (AvgIpc) is 3.40. The Balaban J connectivity index is 1.50. The Labute approximate surface area is 181 Å². The number of carbonyl (C=O) groups is 2. The van der Waals surface area contributed by atoms with E-state index < -0.39 is 11.8 Å². The van der Waals surface area contributed by atoms with Crippen LogP contribution in [0.5, 0.6) is 0 Å². The molecule has 1 saturated heterocycles. The molecule has 0 spiro atoms. The van der Waals surface area contributed by atoms with Gasteiger partial charge in [0.1, 0.15) is 5.82 Å². The number of H-pyrrole nitrogens is 1. The Hall–Kier alpha value is -3.40. The topological polar surface area (TPSA) is 123 Å². The van der Waals surface area contributed by atoms with Gasteiger partial charge in [-0.3, -0.25) is 19.7 Å². The molecule has 2 aliphatic heterocycles. The van der Waals surface area contributed by atoms with Crippen LogP contribution in [0.25, 0.3) is 0 Å². The van der Waals surface area contributed by atoms with E-state index in [1.54, 1.807) is 24.1 Å². The minimum Gasteiger partial charge on any atom is -0.383 e. The summed E-state index contributed by atoms with van der Waals surface area (Å²) in [6, 6.07) is 3.41. The molecule has 2 aromatic heterocycles. The van der Waals surface area contributed by atoms with Gasteiger partial charge in [0.05, 0.1) is 24.0 Å². The highest BCUT2D eigenvalue weighted by molar-refractivity contribution is 6.39. The number of carbonyl (C=O) groups excluding carboxylic acids is 2. The molecule has 0 aromatic carbocycles. The van der Waals surface area contributed by atoms with Crippen molar-refractivity contribution >= 4 is 29.1 Å². The second kappa shape index (κ2) is 8.38. The van der Waals surface area contributed by atoms with Gasteiger partial charge in [0.15, 0.2) is 5.82 Å². The Kier molecular flexibility index (Phi) is 5.64. The van der Waals surface area contributed by atoms with Crippen LogP contribution in [0.4, 0.5) is 17.3 Å². The van der Waals surface area contributed by atoms with Crippen molar-refractivity contribution in [1.82, 2.24) is 25.1 Å². The molecule has 2 amide bonds. The van der Waals surface area contributed by atoms with Crippen molar-refractivity contribution in [2.24, 2.45) is 5.92 Å². The van der Waals surface area contributed by atoms with E-state index in [0.29, 0.717) is 24.0 Å². The number of piperidine rings is 1. The molecule has 10 heteroatoms. The molecule has 4 rings (SSSR count). The molecule has 4 heterocycles. The van der Waals surface area contributed by atoms with Crippen molar-refractivity contribution in [1.29, 1.82) is 0 Å². The Morgan fingerprint density at radius 1 is 1.32 bits per heavy atom. The summed E-state index contributed by atoms with van der Waals surface area (Å²) >= 11 is 0. The maximum atomic E-state index is 13.2. The van der Waals surface area contributed by atoms with Crippen molar-refractivity contribution in [3.8, 4) is 0 Å². The number of hydrazine groups is 1. The molecule has 2 aliphatic rings. The van der Waals surface area contributed by atoms with Crippen LogP contribution in [0.15, 0.2) is 36.8 Å². The molecule has 1 fully saturated rings. The summed E-state index contributed by atoms with van der Waals surface area (Å²) in [5, 5.41) is 13.7. The number of nitrogens with one attached hydrogen (secondary N) is 2. The number of hydrogen-bond acceptors (Lipinski definition) is 7. The van der Waals surface area contributed by atoms with Gasteiger partial charge in [0, 0.05) is 32.1 Å². The van der Waals surface area contributed by atoms with Crippen molar-refractivity contribution in [2.75, 3.05) is 29.7 Å². The molecular formula is C21H28N8O2. The van der Waals surface area contributed by atoms with Crippen molar-refractivity contribution in [2.45, 2.75) is 38.8 Å². The van der Waals surface area contributed by atoms with E-state index in [9.17, 15) is 9.59 Å². The number of likely N-dealkylation sites (N-methyl/N-ethyl adjacent to an activating group) is 1. The van der Waals surface area contributed by atoms with Crippen molar-refractivity contribution < 1.29 is 9.59 Å². The second-order valence-electron chi connectivity index (χ2n) is 8.27. The highest BCUT2D eigenvalue weighted by Gasteiger charge is 2.41. The van der Waals surface area contributed by atoms with E-state index in [1.165, 1.54) is 6.20 Å². The number of nitrogens with two attached hydrogens (primary N) is 1. The average molecular weight is 425 g/mol. The molecule has 1 unspecified atom stereocenters. The number of rotatable bonds is 3. The van der Waals surface area contributed by atoms with Crippen LogP contribution in [0.1, 0.15) is 25.3 Å². The van der Waals surface area contributed by atoms with Crippen molar-refractivity contribution in [3.63, 3.8) is 0 Å². The number of nitrogen functional groups attached to an aromatic ring is 1. The summed E-state index contributed by atoms with van der Waals surface area (Å²) < 4.78 is 0. The predicted octanol–water partition coefficient (Wildman–Crippen LogP) is 1.51. The number of hydrogen-bond donors (Lipinski definition) is 3. The van der Waals surface area contributed by atoms with Crippen LogP contribution < -0.4 is 16.1 Å². The van der Waals surface area contributed by atoms with Crippen LogP contribution in [-0.4, -0.2) is 62.6 Å². The number of nitrogens with zero attached hydrogens (tertiary/aromatic N) is 5. The fourth-order valence-electron chi connectivity index (χ4n) is 4.27. The lowest BCUT2D eigenvalue weighted by atomic mass is 9.89. The Morgan fingerprint density at radius 3 is 2.84 bits per heavy atom. The van der Waals surface area contributed by atoms with E-state index in [-0.39, 0.29) is 12.1 Å². The largest absolute Gasteiger partial charge is 0.383 e. The zero-order valence-electron chi connectivity index (χ0n) is 17.9. The minimum absolute atomic E-state index is 0.0543. The van der Waals surface area contributed by atoms with Gasteiger partial charge >= 0.3 is 11.8 Å². The van der Waals surface area contributed by atoms with Gasteiger partial charge in [0.2, 0.25) is 0 Å². The van der Waals surface area contributed by atoms with E-state index >= 15 is 0 Å². The van der Waals surface area contributed by atoms with Gasteiger partial charge in [-0.2, -0.15) is 5.10 Å². The summed E-state index contributed by atoms with van der Waals surface area (Å²) in [6.07, 6.45) is 9.04. The zero-order valence-corrected chi connectivity index (χ0v) is 17.9. The smallest absolute Gasteiger partial charge is 0.313 e. The molecule has 10 nitrogen and oxygen atoms in total. The Bertz CT molecular complexity index is 989. The molecule has 0 aliphatic carbocycles. The monoisotopic (exact) mass is 424 g/mol. The fraction of sp³-hybridized carbons (Fsp3) is 0.429. The van der Waals surface area contributed by atoms with Crippen LogP contribution in [0.3, 0.4) is 0 Å². The first-order valence-corrected chi connectivity index (χ1v) is 10.4. The van der Waals surface area contributed by atoms with Gasteiger partial charge < -0.3 is 16.0 Å². The zero-order chi connectivity index (χ0) is 22.1. The lowest BCUT2D eigenvalue weighted by molar-refractivity contribution is -0.147. The molecule has 2 aromatic rings. The molecule has 4 N–H and O–H groups in total. The van der Waals surface area contributed by atoms with Crippen LogP contribution in [-0.2, 0) is 9.59 Å². The van der Waals surface area contributed by atoms with Gasteiger partial charge in [-0.25, -0.2) is 9.99 Å². The molecular weight excluding hydrogens is 396 g/mol. The second-order valence-corrected chi connectivity index (χ2v) is 8.27. The van der Waals surface area contributed by atoms with E-state index in [0.717, 1.165) is 24.2 Å². The van der Waals surface area contributed by atoms with E-state index in [1.807, 2.05) is 29.3 Å². The van der Waals surface area contributed by atoms with Crippen LogP contribution in [0.2, 0.25) is 0 Å². The standard InChI is InChI=1S/C21H28N8O2/c1-13-4-5-17(16-7-9-29(27(16)3)18-6-8-24-26-18)28(12-13)21(31)20(30)25-15-10-14(2)19(22)23-11-15/h6-11,13,16-17H,4-5,12H2,1-3H3,(H2,22,23)(H,24,26)(H,25,30)/t13-,16?,17+/m1/s1. The number of aromatic amines is 1. The van der Waals surface area contributed by atoms with E-state index in [4.69, 9.17) is 5.73 Å². The first kappa shape index (κ1) is 20.9. The maximum absolute atomic E-state index is 13.2. The van der Waals surface area contributed by atoms with Gasteiger partial charge in [-0.1, -0.05) is 6.92 Å². The summed E-state index contributed by atoms with van der Waals surface area (Å²) in [4.78, 5) is 31.7. The number of likely N-dealkylation sites (tertiary alicyclic amines) is 1. The van der Waals surface area contributed by atoms with Crippen LogP contribution in [0, 0.1) is 12.8 Å². The highest BCUT2D eigenvalue weighted by Crippen LogP contribution is 2.31.